The van der Waals surface area contributed by atoms with Crippen molar-refractivity contribution in [2.24, 2.45) is 11.7 Å². The first-order valence-corrected chi connectivity index (χ1v) is 5.73. The maximum absolute atomic E-state index is 12.5. The Morgan fingerprint density at radius 1 is 1.42 bits per heavy atom. The minimum Gasteiger partial charge on any atom is -0.367 e. The first kappa shape index (κ1) is 15.2. The van der Waals surface area contributed by atoms with E-state index in [0.29, 0.717) is 0 Å². The highest BCUT2D eigenvalue weighted by Crippen LogP contribution is 2.29. The molecule has 0 fully saturated rings. The summed E-state index contributed by atoms with van der Waals surface area (Å²) in [5.41, 5.74) is 4.81. The summed E-state index contributed by atoms with van der Waals surface area (Å²) in [6.45, 7) is 4.05. The molecule has 0 aliphatic carbocycles. The molecule has 104 valence electrons. The van der Waals surface area contributed by atoms with Gasteiger partial charge in [0.25, 0.3) is 0 Å². The number of nitrogens with zero attached hydrogens (tertiary/aromatic N) is 2. The number of hydrogen-bond acceptors (Lipinski definition) is 4. The SMILES string of the molecule is CC(C)C(N)CNc1nc(C(F)(F)F)ccc1C#N. The van der Waals surface area contributed by atoms with Crippen molar-refractivity contribution in [2.45, 2.75) is 26.1 Å². The molecule has 1 aromatic rings. The van der Waals surface area contributed by atoms with Crippen LogP contribution in [0.25, 0.3) is 0 Å². The lowest BCUT2D eigenvalue weighted by atomic mass is 10.1. The monoisotopic (exact) mass is 272 g/mol. The third-order valence-corrected chi connectivity index (χ3v) is 2.67. The van der Waals surface area contributed by atoms with Crippen molar-refractivity contribution >= 4 is 5.82 Å². The molecular formula is C12H15F3N4. The fourth-order valence-electron chi connectivity index (χ4n) is 1.29. The molecule has 1 atom stereocenters. The number of pyridine rings is 1. The molecule has 1 rings (SSSR count). The van der Waals surface area contributed by atoms with Crippen LogP contribution in [0.2, 0.25) is 0 Å². The molecule has 19 heavy (non-hydrogen) atoms. The minimum absolute atomic E-state index is 0.0592. The van der Waals surface area contributed by atoms with Gasteiger partial charge in [0.15, 0.2) is 0 Å². The van der Waals surface area contributed by atoms with E-state index in [1.165, 1.54) is 0 Å². The van der Waals surface area contributed by atoms with E-state index in [9.17, 15) is 13.2 Å². The molecule has 1 unspecified atom stereocenters. The molecular weight excluding hydrogens is 257 g/mol. The molecule has 0 aliphatic heterocycles. The smallest absolute Gasteiger partial charge is 0.367 e. The second kappa shape index (κ2) is 5.89. The Morgan fingerprint density at radius 3 is 2.53 bits per heavy atom. The van der Waals surface area contributed by atoms with Gasteiger partial charge in [0.1, 0.15) is 17.6 Å². The fraction of sp³-hybridized carbons (Fsp3) is 0.500. The van der Waals surface area contributed by atoms with E-state index in [2.05, 4.69) is 10.3 Å². The Kier molecular flexibility index (Phi) is 4.72. The van der Waals surface area contributed by atoms with Gasteiger partial charge in [-0.15, -0.1) is 0 Å². The predicted octanol–water partition coefficient (Wildman–Crippen LogP) is 2.37. The van der Waals surface area contributed by atoms with Crippen molar-refractivity contribution in [2.75, 3.05) is 11.9 Å². The van der Waals surface area contributed by atoms with Gasteiger partial charge in [-0.05, 0) is 18.1 Å². The molecule has 0 amide bonds. The van der Waals surface area contributed by atoms with Crippen LogP contribution in [0.15, 0.2) is 12.1 Å². The van der Waals surface area contributed by atoms with Crippen molar-refractivity contribution in [1.29, 1.82) is 5.26 Å². The second-order valence-electron chi connectivity index (χ2n) is 4.49. The zero-order valence-electron chi connectivity index (χ0n) is 10.6. The van der Waals surface area contributed by atoms with E-state index in [1.54, 1.807) is 6.07 Å². The molecule has 7 heteroatoms. The summed E-state index contributed by atoms with van der Waals surface area (Å²) in [7, 11) is 0. The molecule has 1 aromatic heterocycles. The van der Waals surface area contributed by atoms with Gasteiger partial charge in [-0.1, -0.05) is 13.8 Å². The Morgan fingerprint density at radius 2 is 2.05 bits per heavy atom. The lowest BCUT2D eigenvalue weighted by Crippen LogP contribution is -2.34. The number of anilines is 1. The van der Waals surface area contributed by atoms with E-state index in [1.807, 2.05) is 13.8 Å². The van der Waals surface area contributed by atoms with E-state index >= 15 is 0 Å². The molecule has 0 saturated carbocycles. The third-order valence-electron chi connectivity index (χ3n) is 2.67. The first-order valence-electron chi connectivity index (χ1n) is 5.73. The van der Waals surface area contributed by atoms with Gasteiger partial charge in [0.2, 0.25) is 0 Å². The Hall–Kier alpha value is -1.81. The molecule has 3 N–H and O–H groups in total. The molecule has 0 saturated heterocycles. The molecule has 4 nitrogen and oxygen atoms in total. The average molecular weight is 272 g/mol. The summed E-state index contributed by atoms with van der Waals surface area (Å²) in [6, 6.07) is 3.44. The fourth-order valence-corrected chi connectivity index (χ4v) is 1.29. The van der Waals surface area contributed by atoms with Crippen LogP contribution in [0.1, 0.15) is 25.1 Å². The quantitative estimate of drug-likeness (QED) is 0.882. The number of rotatable bonds is 4. The summed E-state index contributed by atoms with van der Waals surface area (Å²) >= 11 is 0. The third kappa shape index (κ3) is 4.10. The highest BCUT2D eigenvalue weighted by molar-refractivity contribution is 5.52. The number of alkyl halides is 3. The summed E-state index contributed by atoms with van der Waals surface area (Å²) in [5, 5.41) is 11.5. The maximum Gasteiger partial charge on any atom is 0.433 e. The molecule has 0 aliphatic rings. The minimum atomic E-state index is -4.54. The van der Waals surface area contributed by atoms with Crippen LogP contribution in [-0.4, -0.2) is 17.6 Å². The zero-order valence-corrected chi connectivity index (χ0v) is 10.6. The van der Waals surface area contributed by atoms with E-state index < -0.39 is 11.9 Å². The first-order chi connectivity index (χ1) is 8.75. The van der Waals surface area contributed by atoms with Crippen LogP contribution >= 0.6 is 0 Å². The van der Waals surface area contributed by atoms with Crippen LogP contribution in [0.3, 0.4) is 0 Å². The van der Waals surface area contributed by atoms with Crippen LogP contribution in [-0.2, 0) is 6.18 Å². The Bertz CT molecular complexity index is 477. The van der Waals surface area contributed by atoms with Gasteiger partial charge < -0.3 is 11.1 Å². The van der Waals surface area contributed by atoms with Gasteiger partial charge in [-0.2, -0.15) is 18.4 Å². The number of halogens is 3. The maximum atomic E-state index is 12.5. The standard InChI is InChI=1S/C12H15F3N4/c1-7(2)9(17)6-18-11-8(5-16)3-4-10(19-11)12(13,14)15/h3-4,7,9H,6,17H2,1-2H3,(H,18,19). The largest absolute Gasteiger partial charge is 0.433 e. The Labute approximate surface area is 109 Å². The summed E-state index contributed by atoms with van der Waals surface area (Å²) in [4.78, 5) is 3.43. The van der Waals surface area contributed by atoms with Crippen molar-refractivity contribution in [1.82, 2.24) is 4.98 Å². The van der Waals surface area contributed by atoms with Gasteiger partial charge in [-0.25, -0.2) is 4.98 Å². The molecule has 0 aromatic carbocycles. The molecule has 0 radical (unpaired) electrons. The zero-order chi connectivity index (χ0) is 14.6. The molecule has 1 heterocycles. The van der Waals surface area contributed by atoms with Crippen LogP contribution < -0.4 is 11.1 Å². The lowest BCUT2D eigenvalue weighted by molar-refractivity contribution is -0.141. The topological polar surface area (TPSA) is 74.7 Å². The van der Waals surface area contributed by atoms with Crippen molar-refractivity contribution in [3.8, 4) is 6.07 Å². The van der Waals surface area contributed by atoms with Crippen molar-refractivity contribution in [3.05, 3.63) is 23.4 Å². The van der Waals surface area contributed by atoms with Crippen LogP contribution in [0, 0.1) is 17.2 Å². The normalized spacial score (nSPS) is 13.2. The molecule has 0 bridgehead atoms. The van der Waals surface area contributed by atoms with Gasteiger partial charge in [0, 0.05) is 12.6 Å². The average Bonchev–Trinajstić information content (AvgIpc) is 2.34. The van der Waals surface area contributed by atoms with Crippen molar-refractivity contribution in [3.63, 3.8) is 0 Å². The summed E-state index contributed by atoms with van der Waals surface area (Å²) in [6.07, 6.45) is -4.54. The number of nitrogens with one attached hydrogen (secondary N) is 1. The Balaban J connectivity index is 2.95. The van der Waals surface area contributed by atoms with Crippen LogP contribution in [0.5, 0.6) is 0 Å². The number of nitriles is 1. The highest BCUT2D eigenvalue weighted by atomic mass is 19.4. The predicted molar refractivity (Wildman–Crippen MR) is 65.3 cm³/mol. The van der Waals surface area contributed by atoms with Crippen molar-refractivity contribution < 1.29 is 13.2 Å². The van der Waals surface area contributed by atoms with E-state index in [-0.39, 0.29) is 29.9 Å². The van der Waals surface area contributed by atoms with E-state index in [4.69, 9.17) is 11.0 Å². The van der Waals surface area contributed by atoms with Gasteiger partial charge in [0.05, 0.1) is 5.56 Å². The van der Waals surface area contributed by atoms with Gasteiger partial charge in [-0.3, -0.25) is 0 Å². The lowest BCUT2D eigenvalue weighted by Gasteiger charge is -2.17. The highest BCUT2D eigenvalue weighted by Gasteiger charge is 2.33. The summed E-state index contributed by atoms with van der Waals surface area (Å²) in [5.74, 6) is 0.0808. The van der Waals surface area contributed by atoms with E-state index in [0.717, 1.165) is 12.1 Å². The summed E-state index contributed by atoms with van der Waals surface area (Å²) < 4.78 is 37.6. The van der Waals surface area contributed by atoms with Crippen LogP contribution in [0.4, 0.5) is 19.0 Å². The second-order valence-corrected chi connectivity index (χ2v) is 4.49. The number of nitrogens with two attached hydrogens (primary N) is 1. The van der Waals surface area contributed by atoms with Gasteiger partial charge >= 0.3 is 6.18 Å². The molecule has 0 spiro atoms. The number of aromatic nitrogens is 1. The number of hydrogen-bond donors (Lipinski definition) is 2.